The van der Waals surface area contributed by atoms with E-state index in [0.29, 0.717) is 6.04 Å². The molecule has 1 aromatic heterocycles. The van der Waals surface area contributed by atoms with E-state index in [1.54, 1.807) is 0 Å². The number of aryl methyl sites for hydroxylation is 1. The Kier molecular flexibility index (Phi) is 8.27. The summed E-state index contributed by atoms with van der Waals surface area (Å²) >= 11 is 2.03. The highest BCUT2D eigenvalue weighted by atomic mass is 32.2. The van der Waals surface area contributed by atoms with Crippen LogP contribution in [0.5, 0.6) is 0 Å². The number of nitrogens with zero attached hydrogens (tertiary/aromatic N) is 1. The second-order valence-corrected chi connectivity index (χ2v) is 6.03. The fraction of sp³-hybridized carbons (Fsp3) is 0.733. The molecule has 1 rings (SSSR count). The summed E-state index contributed by atoms with van der Waals surface area (Å²) in [6.45, 7) is 8.86. The second-order valence-electron chi connectivity index (χ2n) is 4.63. The zero-order valence-electron chi connectivity index (χ0n) is 12.1. The molecule has 1 heterocycles. The van der Waals surface area contributed by atoms with Crippen LogP contribution in [0, 0.1) is 0 Å². The maximum Gasteiger partial charge on any atom is 0.0335 e. The van der Waals surface area contributed by atoms with Gasteiger partial charge in [0.25, 0.3) is 0 Å². The van der Waals surface area contributed by atoms with E-state index in [9.17, 15) is 0 Å². The van der Waals surface area contributed by atoms with Crippen LogP contribution in [-0.4, -0.2) is 22.6 Å². The molecule has 0 bridgehead atoms. The van der Waals surface area contributed by atoms with Crippen LogP contribution in [0.1, 0.15) is 51.6 Å². The van der Waals surface area contributed by atoms with Crippen LogP contribution < -0.4 is 5.32 Å². The van der Waals surface area contributed by atoms with E-state index in [0.717, 1.165) is 13.1 Å². The molecule has 1 N–H and O–H groups in total. The van der Waals surface area contributed by atoms with Crippen molar-refractivity contribution in [3.63, 3.8) is 0 Å². The molecular weight excluding hydrogens is 240 g/mol. The van der Waals surface area contributed by atoms with Crippen LogP contribution >= 0.6 is 11.8 Å². The van der Waals surface area contributed by atoms with E-state index in [-0.39, 0.29) is 0 Å². The van der Waals surface area contributed by atoms with Crippen molar-refractivity contribution in [3.05, 3.63) is 24.0 Å². The zero-order valence-corrected chi connectivity index (χ0v) is 12.9. The third kappa shape index (κ3) is 5.49. The zero-order chi connectivity index (χ0) is 13.2. The van der Waals surface area contributed by atoms with Gasteiger partial charge in [-0.05, 0) is 42.5 Å². The van der Waals surface area contributed by atoms with Gasteiger partial charge >= 0.3 is 0 Å². The molecule has 2 nitrogen and oxygen atoms in total. The standard InChI is InChI=1S/C15H28N2S/c1-4-8-15(16-5-2)14-9-11-17(13-14)10-7-12-18-6-3/h9,11,13,15-16H,4-8,10,12H2,1-3H3. The van der Waals surface area contributed by atoms with Gasteiger partial charge in [0.1, 0.15) is 0 Å². The molecule has 0 aliphatic heterocycles. The van der Waals surface area contributed by atoms with Crippen LogP contribution in [0.2, 0.25) is 0 Å². The Morgan fingerprint density at radius 2 is 2.17 bits per heavy atom. The first-order valence-electron chi connectivity index (χ1n) is 7.28. The van der Waals surface area contributed by atoms with Crippen LogP contribution in [0.3, 0.4) is 0 Å². The Labute approximate surface area is 117 Å². The first kappa shape index (κ1) is 15.6. The number of hydrogen-bond acceptors (Lipinski definition) is 2. The van der Waals surface area contributed by atoms with Crippen molar-refractivity contribution in [1.82, 2.24) is 9.88 Å². The van der Waals surface area contributed by atoms with Crippen molar-refractivity contribution in [2.24, 2.45) is 0 Å². The first-order valence-corrected chi connectivity index (χ1v) is 8.44. The summed E-state index contributed by atoms with van der Waals surface area (Å²) in [5, 5.41) is 3.57. The smallest absolute Gasteiger partial charge is 0.0335 e. The topological polar surface area (TPSA) is 17.0 Å². The maximum atomic E-state index is 3.57. The van der Waals surface area contributed by atoms with Gasteiger partial charge in [-0.1, -0.05) is 27.2 Å². The highest BCUT2D eigenvalue weighted by Crippen LogP contribution is 2.19. The third-order valence-corrected chi connectivity index (χ3v) is 4.10. The number of aromatic nitrogens is 1. The molecule has 0 aromatic carbocycles. The maximum absolute atomic E-state index is 3.57. The van der Waals surface area contributed by atoms with Gasteiger partial charge in [-0.2, -0.15) is 11.8 Å². The van der Waals surface area contributed by atoms with Crippen molar-refractivity contribution in [3.8, 4) is 0 Å². The number of hydrogen-bond donors (Lipinski definition) is 1. The van der Waals surface area contributed by atoms with Crippen molar-refractivity contribution >= 4 is 11.8 Å². The molecular formula is C15H28N2S. The van der Waals surface area contributed by atoms with Gasteiger partial charge in [0.05, 0.1) is 0 Å². The summed E-state index contributed by atoms with van der Waals surface area (Å²) in [6.07, 6.45) is 8.28. The minimum atomic E-state index is 0.534. The number of nitrogens with one attached hydrogen (secondary N) is 1. The molecule has 104 valence electrons. The Hall–Kier alpha value is -0.410. The number of rotatable bonds is 10. The van der Waals surface area contributed by atoms with Crippen molar-refractivity contribution in [2.45, 2.75) is 52.6 Å². The van der Waals surface area contributed by atoms with E-state index >= 15 is 0 Å². The monoisotopic (exact) mass is 268 g/mol. The second kappa shape index (κ2) is 9.51. The molecule has 1 aromatic rings. The quantitative estimate of drug-likeness (QED) is 0.644. The van der Waals surface area contributed by atoms with Gasteiger partial charge in [-0.15, -0.1) is 0 Å². The molecule has 0 spiro atoms. The van der Waals surface area contributed by atoms with Crippen molar-refractivity contribution in [1.29, 1.82) is 0 Å². The summed E-state index contributed by atoms with van der Waals surface area (Å²) in [4.78, 5) is 0. The average Bonchev–Trinajstić information content (AvgIpc) is 2.83. The Balaban J connectivity index is 2.44. The van der Waals surface area contributed by atoms with E-state index in [1.807, 2.05) is 11.8 Å². The van der Waals surface area contributed by atoms with Crippen LogP contribution in [0.25, 0.3) is 0 Å². The van der Waals surface area contributed by atoms with Crippen LogP contribution in [0.15, 0.2) is 18.5 Å². The van der Waals surface area contributed by atoms with Gasteiger partial charge in [0.2, 0.25) is 0 Å². The molecule has 0 fully saturated rings. The molecule has 1 unspecified atom stereocenters. The predicted molar refractivity (Wildman–Crippen MR) is 83.4 cm³/mol. The van der Waals surface area contributed by atoms with E-state index in [4.69, 9.17) is 0 Å². The lowest BCUT2D eigenvalue weighted by atomic mass is 10.1. The van der Waals surface area contributed by atoms with Crippen molar-refractivity contribution < 1.29 is 0 Å². The van der Waals surface area contributed by atoms with Gasteiger partial charge < -0.3 is 9.88 Å². The first-order chi connectivity index (χ1) is 8.81. The molecule has 18 heavy (non-hydrogen) atoms. The normalized spacial score (nSPS) is 12.8. The van der Waals surface area contributed by atoms with Crippen LogP contribution in [-0.2, 0) is 6.54 Å². The summed E-state index contributed by atoms with van der Waals surface area (Å²) < 4.78 is 2.34. The Morgan fingerprint density at radius 3 is 2.83 bits per heavy atom. The molecule has 3 heteroatoms. The fourth-order valence-electron chi connectivity index (χ4n) is 2.22. The van der Waals surface area contributed by atoms with E-state index in [2.05, 4.69) is 49.1 Å². The number of thioether (sulfide) groups is 1. The van der Waals surface area contributed by atoms with Crippen molar-refractivity contribution in [2.75, 3.05) is 18.1 Å². The lowest BCUT2D eigenvalue weighted by Gasteiger charge is -2.15. The van der Waals surface area contributed by atoms with Gasteiger partial charge in [0.15, 0.2) is 0 Å². The lowest BCUT2D eigenvalue weighted by Crippen LogP contribution is -2.20. The average molecular weight is 268 g/mol. The predicted octanol–water partition coefficient (Wildman–Crippen LogP) is 4.08. The van der Waals surface area contributed by atoms with Gasteiger partial charge in [0, 0.05) is 25.0 Å². The molecule has 1 atom stereocenters. The summed E-state index contributed by atoms with van der Waals surface area (Å²) in [7, 11) is 0. The molecule has 0 saturated carbocycles. The molecule has 0 saturated heterocycles. The summed E-state index contributed by atoms with van der Waals surface area (Å²) in [6, 6.07) is 2.81. The van der Waals surface area contributed by atoms with Gasteiger partial charge in [-0.25, -0.2) is 0 Å². The van der Waals surface area contributed by atoms with Gasteiger partial charge in [-0.3, -0.25) is 0 Å². The SMILES string of the molecule is CCCC(NCC)c1ccn(CCCSCC)c1. The highest BCUT2D eigenvalue weighted by molar-refractivity contribution is 7.99. The Morgan fingerprint density at radius 1 is 1.33 bits per heavy atom. The molecule has 0 aliphatic carbocycles. The molecule has 0 aliphatic rings. The summed E-state index contributed by atoms with van der Waals surface area (Å²) in [5.41, 5.74) is 1.45. The molecule has 0 radical (unpaired) electrons. The van der Waals surface area contributed by atoms with E-state index < -0.39 is 0 Å². The lowest BCUT2D eigenvalue weighted by molar-refractivity contribution is 0.508. The molecule has 0 amide bonds. The minimum absolute atomic E-state index is 0.534. The highest BCUT2D eigenvalue weighted by Gasteiger charge is 2.10. The fourth-order valence-corrected chi connectivity index (χ4v) is 2.84. The Bertz CT molecular complexity index is 303. The minimum Gasteiger partial charge on any atom is -0.354 e. The largest absolute Gasteiger partial charge is 0.354 e. The summed E-state index contributed by atoms with van der Waals surface area (Å²) in [5.74, 6) is 2.51. The van der Waals surface area contributed by atoms with Crippen LogP contribution in [0.4, 0.5) is 0 Å². The van der Waals surface area contributed by atoms with E-state index in [1.165, 1.54) is 36.3 Å². The third-order valence-electron chi connectivity index (χ3n) is 3.11.